The molecule has 1 aromatic rings. The molecule has 0 aliphatic carbocycles. The number of hydrogen-bond acceptors (Lipinski definition) is 2. The molecule has 3 nitrogen and oxygen atoms in total. The second-order valence-corrected chi connectivity index (χ2v) is 12.4. The molecule has 2 N–H and O–H groups in total. The van der Waals surface area contributed by atoms with Gasteiger partial charge in [-0.2, -0.15) is 0 Å². The van der Waals surface area contributed by atoms with Gasteiger partial charge in [0, 0.05) is 0 Å². The van der Waals surface area contributed by atoms with Crippen LogP contribution in [0.2, 0.25) is 0 Å². The van der Waals surface area contributed by atoms with Gasteiger partial charge in [0.1, 0.15) is 5.75 Å². The third-order valence-electron chi connectivity index (χ3n) is 7.08. The van der Waals surface area contributed by atoms with E-state index < -0.39 is 11.9 Å². The summed E-state index contributed by atoms with van der Waals surface area (Å²) >= 11 is 0. The van der Waals surface area contributed by atoms with Crippen LogP contribution in [-0.4, -0.2) is 16.2 Å². The highest BCUT2D eigenvalue weighted by Crippen LogP contribution is 2.39. The molecule has 1 unspecified atom stereocenters. The number of unbranched alkanes of at least 4 members (excludes halogenated alkanes) is 11. The zero-order valence-corrected chi connectivity index (χ0v) is 23.4. The Balaban J connectivity index is 2.58. The molecule has 0 radical (unpaired) electrons. The minimum atomic E-state index is -0.749. The predicted molar refractivity (Wildman–Crippen MR) is 146 cm³/mol. The molecule has 0 aliphatic rings. The molecule has 0 bridgehead atoms. The van der Waals surface area contributed by atoms with E-state index in [1.54, 1.807) is 0 Å². The molecule has 1 rings (SSSR count). The number of carboxylic acids is 1. The average molecular weight is 475 g/mol. The van der Waals surface area contributed by atoms with E-state index in [2.05, 4.69) is 54.5 Å². The summed E-state index contributed by atoms with van der Waals surface area (Å²) in [4.78, 5) is 12.0. The van der Waals surface area contributed by atoms with Crippen molar-refractivity contribution in [3.63, 3.8) is 0 Å². The van der Waals surface area contributed by atoms with Crippen LogP contribution in [0.15, 0.2) is 12.1 Å². The molecule has 34 heavy (non-hydrogen) atoms. The van der Waals surface area contributed by atoms with Gasteiger partial charge in [-0.1, -0.05) is 138 Å². The third-order valence-corrected chi connectivity index (χ3v) is 7.08. The molecule has 0 aromatic heterocycles. The summed E-state index contributed by atoms with van der Waals surface area (Å²) in [5, 5.41) is 20.9. The Kier molecular flexibility index (Phi) is 13.3. The molecule has 196 valence electrons. The minimum Gasteiger partial charge on any atom is -0.507 e. The summed E-state index contributed by atoms with van der Waals surface area (Å²) < 4.78 is 0. The first-order chi connectivity index (χ1) is 15.9. The van der Waals surface area contributed by atoms with Crippen LogP contribution in [-0.2, 0) is 22.0 Å². The molecule has 0 amide bonds. The monoisotopic (exact) mass is 474 g/mol. The number of hydrogen-bond donors (Lipinski definition) is 2. The Hall–Kier alpha value is -1.51. The SMILES string of the molecule is CCCCCCCCCCCCCCC(Cc1cc(C(C)(C)C)cc(C(C)(C)C)c1O)C(=O)O. The highest BCUT2D eigenvalue weighted by molar-refractivity contribution is 5.70. The van der Waals surface area contributed by atoms with Crippen molar-refractivity contribution in [3.05, 3.63) is 28.8 Å². The number of rotatable bonds is 16. The average Bonchev–Trinajstić information content (AvgIpc) is 2.72. The van der Waals surface area contributed by atoms with Gasteiger partial charge in [0.25, 0.3) is 0 Å². The number of phenols is 1. The zero-order chi connectivity index (χ0) is 25.8. The van der Waals surface area contributed by atoms with Crippen molar-refractivity contribution in [2.24, 2.45) is 5.92 Å². The predicted octanol–water partition coefficient (Wildman–Crippen LogP) is 9.32. The minimum absolute atomic E-state index is 0.0589. The molecule has 0 fully saturated rings. The fourth-order valence-corrected chi connectivity index (χ4v) is 4.66. The van der Waals surface area contributed by atoms with E-state index in [1.807, 2.05) is 6.07 Å². The van der Waals surface area contributed by atoms with Crippen molar-refractivity contribution in [1.29, 1.82) is 0 Å². The molecular formula is C31H54O3. The number of aliphatic carboxylic acids is 1. The van der Waals surface area contributed by atoms with Crippen molar-refractivity contribution >= 4 is 5.97 Å². The first-order valence-corrected chi connectivity index (χ1v) is 14.0. The van der Waals surface area contributed by atoms with Crippen molar-refractivity contribution < 1.29 is 15.0 Å². The first kappa shape index (κ1) is 30.5. The maximum atomic E-state index is 12.0. The maximum Gasteiger partial charge on any atom is 0.306 e. The molecule has 1 atom stereocenters. The van der Waals surface area contributed by atoms with Crippen molar-refractivity contribution in [2.45, 2.75) is 149 Å². The van der Waals surface area contributed by atoms with Gasteiger partial charge in [-0.05, 0) is 40.4 Å². The van der Waals surface area contributed by atoms with E-state index >= 15 is 0 Å². The van der Waals surface area contributed by atoms with Gasteiger partial charge in [-0.15, -0.1) is 0 Å². The summed E-state index contributed by atoms with van der Waals surface area (Å²) in [6.45, 7) is 15.0. The van der Waals surface area contributed by atoms with Crippen LogP contribution >= 0.6 is 0 Å². The van der Waals surface area contributed by atoms with Crippen molar-refractivity contribution in [3.8, 4) is 5.75 Å². The van der Waals surface area contributed by atoms with Crippen LogP contribution in [0.4, 0.5) is 0 Å². The van der Waals surface area contributed by atoms with Gasteiger partial charge < -0.3 is 10.2 Å². The second kappa shape index (κ2) is 14.8. The number of carboxylic acid groups (broad SMARTS) is 1. The lowest BCUT2D eigenvalue weighted by Gasteiger charge is -2.28. The van der Waals surface area contributed by atoms with E-state index in [4.69, 9.17) is 0 Å². The lowest BCUT2D eigenvalue weighted by Crippen LogP contribution is -2.20. The van der Waals surface area contributed by atoms with Crippen molar-refractivity contribution in [1.82, 2.24) is 0 Å². The Morgan fingerprint density at radius 1 is 0.765 bits per heavy atom. The van der Waals surface area contributed by atoms with Crippen LogP contribution in [0.3, 0.4) is 0 Å². The van der Waals surface area contributed by atoms with Crippen LogP contribution < -0.4 is 0 Å². The summed E-state index contributed by atoms with van der Waals surface area (Å²) in [6, 6.07) is 4.13. The molecule has 0 saturated carbocycles. The number of aromatic hydroxyl groups is 1. The summed E-state index contributed by atoms with van der Waals surface area (Å²) in [7, 11) is 0. The largest absolute Gasteiger partial charge is 0.507 e. The number of benzene rings is 1. The van der Waals surface area contributed by atoms with Gasteiger partial charge in [-0.25, -0.2) is 0 Å². The van der Waals surface area contributed by atoms with E-state index in [0.29, 0.717) is 12.8 Å². The summed E-state index contributed by atoms with van der Waals surface area (Å²) in [6.07, 6.45) is 16.4. The van der Waals surface area contributed by atoms with Gasteiger partial charge in [-0.3, -0.25) is 4.79 Å². The molecule has 0 heterocycles. The lowest BCUT2D eigenvalue weighted by molar-refractivity contribution is -0.142. The fourth-order valence-electron chi connectivity index (χ4n) is 4.66. The van der Waals surface area contributed by atoms with Crippen LogP contribution in [0, 0.1) is 5.92 Å². The van der Waals surface area contributed by atoms with Crippen LogP contribution in [0.5, 0.6) is 5.75 Å². The highest BCUT2D eigenvalue weighted by Gasteiger charge is 2.27. The molecular weight excluding hydrogens is 420 g/mol. The fraction of sp³-hybridized carbons (Fsp3) is 0.774. The quantitative estimate of drug-likeness (QED) is 0.235. The van der Waals surface area contributed by atoms with Gasteiger partial charge in [0.2, 0.25) is 0 Å². The van der Waals surface area contributed by atoms with E-state index in [-0.39, 0.29) is 16.6 Å². The van der Waals surface area contributed by atoms with Crippen LogP contribution in [0.25, 0.3) is 0 Å². The van der Waals surface area contributed by atoms with Gasteiger partial charge in [0.05, 0.1) is 5.92 Å². The van der Waals surface area contributed by atoms with Crippen LogP contribution in [0.1, 0.15) is 149 Å². The molecule has 0 aliphatic heterocycles. The van der Waals surface area contributed by atoms with E-state index in [9.17, 15) is 15.0 Å². The summed E-state index contributed by atoms with van der Waals surface area (Å²) in [5.41, 5.74) is 2.58. The smallest absolute Gasteiger partial charge is 0.306 e. The normalized spacial score (nSPS) is 13.3. The number of carbonyl (C=O) groups is 1. The van der Waals surface area contributed by atoms with E-state index in [0.717, 1.165) is 29.5 Å². The molecule has 0 spiro atoms. The van der Waals surface area contributed by atoms with E-state index in [1.165, 1.54) is 64.2 Å². The first-order valence-electron chi connectivity index (χ1n) is 14.0. The highest BCUT2D eigenvalue weighted by atomic mass is 16.4. The molecule has 1 aromatic carbocycles. The summed E-state index contributed by atoms with van der Waals surface area (Å²) in [5.74, 6) is -0.917. The van der Waals surface area contributed by atoms with Gasteiger partial charge in [0.15, 0.2) is 0 Å². The Morgan fingerprint density at radius 2 is 1.24 bits per heavy atom. The lowest BCUT2D eigenvalue weighted by atomic mass is 9.77. The van der Waals surface area contributed by atoms with Gasteiger partial charge >= 0.3 is 5.97 Å². The topological polar surface area (TPSA) is 57.5 Å². The zero-order valence-electron chi connectivity index (χ0n) is 23.4. The Labute approximate surface area is 210 Å². The Bertz CT molecular complexity index is 721. The standard InChI is InChI=1S/C31H54O3/c1-8-9-10-11-12-13-14-15-16-17-18-19-20-24(29(33)34)21-25-22-26(30(2,3)4)23-27(28(25)32)31(5,6)7/h22-24,32H,8-21H2,1-7H3,(H,33,34). The third kappa shape index (κ3) is 11.3. The maximum absolute atomic E-state index is 12.0. The molecule has 3 heteroatoms. The number of phenolic OH excluding ortho intramolecular Hbond substituents is 1. The van der Waals surface area contributed by atoms with Crippen molar-refractivity contribution in [2.75, 3.05) is 0 Å². The molecule has 0 saturated heterocycles. The Morgan fingerprint density at radius 3 is 1.65 bits per heavy atom. The second-order valence-electron chi connectivity index (χ2n) is 12.4.